The molecule has 0 radical (unpaired) electrons. The topological polar surface area (TPSA) is 49.8 Å². The van der Waals surface area contributed by atoms with Gasteiger partial charge in [0.05, 0.1) is 0 Å². The Kier molecular flexibility index (Phi) is 5.87. The number of aliphatic hydroxyl groups excluding tert-OH is 1. The first-order valence-corrected chi connectivity index (χ1v) is 11.5. The lowest BCUT2D eigenvalue weighted by molar-refractivity contribution is -0.0815. The maximum absolute atomic E-state index is 13.4. The summed E-state index contributed by atoms with van der Waals surface area (Å²) in [7, 11) is 0. The predicted molar refractivity (Wildman–Crippen MR) is 123 cm³/mol. The summed E-state index contributed by atoms with van der Waals surface area (Å²) < 4.78 is 5.87. The number of ether oxygens (including phenoxy) is 1. The summed E-state index contributed by atoms with van der Waals surface area (Å²) in [4.78, 5) is 15.4. The number of amides is 1. The number of benzene rings is 2. The van der Waals surface area contributed by atoms with Crippen molar-refractivity contribution in [1.29, 1.82) is 0 Å². The molecule has 0 heterocycles. The van der Waals surface area contributed by atoms with Gasteiger partial charge in [-0.3, -0.25) is 4.90 Å². The third-order valence-electron chi connectivity index (χ3n) is 7.42. The van der Waals surface area contributed by atoms with E-state index in [1.54, 1.807) is 0 Å². The van der Waals surface area contributed by atoms with Crippen LogP contribution in [-0.2, 0) is 16.7 Å². The quantitative estimate of drug-likeness (QED) is 0.675. The lowest BCUT2D eigenvalue weighted by atomic mass is 9.49. The molecule has 3 fully saturated rings. The van der Waals surface area contributed by atoms with E-state index in [9.17, 15) is 9.90 Å². The molecule has 2 aromatic carbocycles. The summed E-state index contributed by atoms with van der Waals surface area (Å²) >= 11 is 0. The van der Waals surface area contributed by atoms with Crippen molar-refractivity contribution in [2.45, 2.75) is 76.0 Å². The molecule has 4 nitrogen and oxygen atoms in total. The summed E-state index contributed by atoms with van der Waals surface area (Å²) in [5, 5.41) is 10.4. The Hall–Kier alpha value is -2.33. The first kappa shape index (κ1) is 21.9. The van der Waals surface area contributed by atoms with E-state index in [0.717, 1.165) is 37.7 Å². The molecule has 1 N–H and O–H groups in total. The van der Waals surface area contributed by atoms with Gasteiger partial charge in [-0.05, 0) is 69.9 Å². The highest BCUT2D eigenvalue weighted by molar-refractivity contribution is 5.69. The highest BCUT2D eigenvalue weighted by atomic mass is 16.6. The predicted octanol–water partition coefficient (Wildman–Crippen LogP) is 5.69. The van der Waals surface area contributed by atoms with Crippen LogP contribution in [0.2, 0.25) is 0 Å². The maximum atomic E-state index is 13.4. The van der Waals surface area contributed by atoms with Crippen LogP contribution in [0.4, 0.5) is 4.79 Å². The zero-order valence-corrected chi connectivity index (χ0v) is 19.0. The van der Waals surface area contributed by atoms with E-state index in [1.807, 2.05) is 49.9 Å². The highest BCUT2D eigenvalue weighted by Crippen LogP contribution is 2.58. The van der Waals surface area contributed by atoms with Crippen LogP contribution in [0.3, 0.4) is 0 Å². The van der Waals surface area contributed by atoms with Crippen molar-refractivity contribution < 1.29 is 14.6 Å². The lowest BCUT2D eigenvalue weighted by Gasteiger charge is -2.61. The molecule has 2 aromatic rings. The summed E-state index contributed by atoms with van der Waals surface area (Å²) in [6.07, 6.45) is 4.40. The largest absolute Gasteiger partial charge is 0.444 e. The van der Waals surface area contributed by atoms with E-state index >= 15 is 0 Å². The van der Waals surface area contributed by atoms with Crippen LogP contribution < -0.4 is 0 Å². The number of carbonyl (C=O) groups is 1. The molecule has 0 spiro atoms. The van der Waals surface area contributed by atoms with Gasteiger partial charge < -0.3 is 9.84 Å². The van der Waals surface area contributed by atoms with Gasteiger partial charge in [-0.25, -0.2) is 4.79 Å². The second-order valence-electron chi connectivity index (χ2n) is 10.4. The van der Waals surface area contributed by atoms with E-state index in [4.69, 9.17) is 4.74 Å². The van der Waals surface area contributed by atoms with Gasteiger partial charge in [0.25, 0.3) is 0 Å². The highest BCUT2D eigenvalue weighted by Gasteiger charge is 2.58. The Labute approximate surface area is 186 Å². The van der Waals surface area contributed by atoms with Gasteiger partial charge in [0, 0.05) is 24.1 Å². The Morgan fingerprint density at radius 3 is 2.13 bits per heavy atom. The van der Waals surface area contributed by atoms with Crippen LogP contribution in [0, 0.1) is 5.92 Å². The van der Waals surface area contributed by atoms with Gasteiger partial charge in [-0.15, -0.1) is 0 Å². The van der Waals surface area contributed by atoms with Crippen LogP contribution >= 0.6 is 0 Å². The van der Waals surface area contributed by atoms with Crippen molar-refractivity contribution in [3.8, 4) is 0 Å². The molecule has 3 aliphatic rings. The second kappa shape index (κ2) is 8.31. The maximum Gasteiger partial charge on any atom is 0.411 e. The number of nitrogens with zero attached hydrogens (tertiary/aromatic N) is 1. The molecule has 3 aliphatic carbocycles. The van der Waals surface area contributed by atoms with Gasteiger partial charge >= 0.3 is 6.09 Å². The van der Waals surface area contributed by atoms with Crippen molar-refractivity contribution in [2.75, 3.05) is 6.61 Å². The Balaban J connectivity index is 1.66. The van der Waals surface area contributed by atoms with Gasteiger partial charge in [0.1, 0.15) is 5.60 Å². The number of hydrogen-bond donors (Lipinski definition) is 1. The number of fused-ring (bicyclic) bond motifs is 3. The molecule has 1 atom stereocenters. The van der Waals surface area contributed by atoms with Crippen molar-refractivity contribution in [3.05, 3.63) is 71.8 Å². The molecular formula is C27H35NO3. The summed E-state index contributed by atoms with van der Waals surface area (Å²) in [6.45, 7) is 6.43. The molecule has 0 saturated heterocycles. The molecule has 0 aromatic heterocycles. The molecular weight excluding hydrogens is 386 g/mol. The van der Waals surface area contributed by atoms with Gasteiger partial charge in [0.15, 0.2) is 0 Å². The lowest BCUT2D eigenvalue weighted by Crippen LogP contribution is -2.63. The molecule has 166 valence electrons. The molecule has 2 bridgehead atoms. The number of carbonyl (C=O) groups excluding carboxylic acids is 1. The first-order chi connectivity index (χ1) is 14.8. The monoisotopic (exact) mass is 421 g/mol. The zero-order chi connectivity index (χ0) is 22.1. The second-order valence-corrected chi connectivity index (χ2v) is 10.4. The van der Waals surface area contributed by atoms with Crippen LogP contribution in [-0.4, -0.2) is 33.8 Å². The fourth-order valence-electron chi connectivity index (χ4n) is 5.85. The van der Waals surface area contributed by atoms with E-state index < -0.39 is 5.60 Å². The normalized spacial score (nSPS) is 27.7. The van der Waals surface area contributed by atoms with Crippen molar-refractivity contribution in [3.63, 3.8) is 0 Å². The summed E-state index contributed by atoms with van der Waals surface area (Å²) in [5.41, 5.74) is 1.62. The van der Waals surface area contributed by atoms with E-state index in [0.29, 0.717) is 6.54 Å². The Bertz CT molecular complexity index is 880. The standard InChI is InChI=1S/C27H35NO3/c1-25(2,3)31-24(30)28(19-21-10-6-4-7-11-21)26-14-16-27(17-15-26,23(18-26)20-29)22-12-8-5-9-13-22/h4-13,23,29H,14-20H2,1-3H3. The van der Waals surface area contributed by atoms with Crippen LogP contribution in [0.15, 0.2) is 60.7 Å². The Morgan fingerprint density at radius 2 is 1.58 bits per heavy atom. The van der Waals surface area contributed by atoms with E-state index in [2.05, 4.69) is 36.4 Å². The molecule has 1 amide bonds. The molecule has 1 unspecified atom stereocenters. The molecule has 31 heavy (non-hydrogen) atoms. The van der Waals surface area contributed by atoms with Crippen LogP contribution in [0.1, 0.15) is 64.0 Å². The summed E-state index contributed by atoms with van der Waals surface area (Å²) in [5.74, 6) is 0.137. The van der Waals surface area contributed by atoms with E-state index in [-0.39, 0.29) is 29.6 Å². The molecule has 3 saturated carbocycles. The van der Waals surface area contributed by atoms with Crippen molar-refractivity contribution >= 4 is 6.09 Å². The molecule has 4 heteroatoms. The third kappa shape index (κ3) is 4.23. The first-order valence-electron chi connectivity index (χ1n) is 11.5. The van der Waals surface area contributed by atoms with E-state index in [1.165, 1.54) is 5.56 Å². The SMILES string of the molecule is CC(C)(C)OC(=O)N(Cc1ccccc1)C12CCC(c3ccccc3)(CC1)C(CO)C2. The minimum absolute atomic E-state index is 0.00408. The third-order valence-corrected chi connectivity index (χ3v) is 7.42. The average molecular weight is 422 g/mol. The number of hydrogen-bond acceptors (Lipinski definition) is 3. The van der Waals surface area contributed by atoms with Crippen LogP contribution in [0.25, 0.3) is 0 Å². The van der Waals surface area contributed by atoms with Gasteiger partial charge in [0.2, 0.25) is 0 Å². The number of rotatable bonds is 5. The molecule has 0 aliphatic heterocycles. The minimum atomic E-state index is -0.545. The van der Waals surface area contributed by atoms with Gasteiger partial charge in [-0.1, -0.05) is 60.7 Å². The van der Waals surface area contributed by atoms with Gasteiger partial charge in [-0.2, -0.15) is 0 Å². The average Bonchev–Trinajstić information content (AvgIpc) is 2.78. The fourth-order valence-corrected chi connectivity index (χ4v) is 5.85. The Morgan fingerprint density at radius 1 is 1.00 bits per heavy atom. The van der Waals surface area contributed by atoms with Crippen molar-refractivity contribution in [2.24, 2.45) is 5.92 Å². The minimum Gasteiger partial charge on any atom is -0.444 e. The number of aliphatic hydroxyl groups is 1. The van der Waals surface area contributed by atoms with Crippen molar-refractivity contribution in [1.82, 2.24) is 4.90 Å². The molecule has 5 rings (SSSR count). The van der Waals surface area contributed by atoms with Crippen LogP contribution in [0.5, 0.6) is 0 Å². The fraction of sp³-hybridized carbons (Fsp3) is 0.519. The summed E-state index contributed by atoms with van der Waals surface area (Å²) in [6, 6.07) is 20.8. The zero-order valence-electron chi connectivity index (χ0n) is 19.0. The smallest absolute Gasteiger partial charge is 0.411 e.